The van der Waals surface area contributed by atoms with Crippen molar-refractivity contribution in [1.29, 1.82) is 0 Å². The van der Waals surface area contributed by atoms with Gasteiger partial charge in [0.1, 0.15) is 0 Å². The van der Waals surface area contributed by atoms with Gasteiger partial charge in [0.15, 0.2) is 23.3 Å². The molecule has 2 aromatic rings. The minimum absolute atomic E-state index is 0.0685. The van der Waals surface area contributed by atoms with E-state index in [9.17, 15) is 13.2 Å². The molecule has 8 heteroatoms. The lowest BCUT2D eigenvalue weighted by Crippen LogP contribution is -2.06. The molecule has 19 heavy (non-hydrogen) atoms. The van der Waals surface area contributed by atoms with Gasteiger partial charge in [-0.25, -0.2) is 18.2 Å². The lowest BCUT2D eigenvalue weighted by Gasteiger charge is -2.00. The van der Waals surface area contributed by atoms with Crippen LogP contribution in [0.25, 0.3) is 11.4 Å². The van der Waals surface area contributed by atoms with Crippen LogP contribution < -0.4 is 0 Å². The summed E-state index contributed by atoms with van der Waals surface area (Å²) in [4.78, 5) is 9.70. The third-order valence-corrected chi connectivity index (χ3v) is 2.68. The van der Waals surface area contributed by atoms with E-state index in [1.807, 2.05) is 0 Å². The third kappa shape index (κ3) is 3.08. The first kappa shape index (κ1) is 13.5. The van der Waals surface area contributed by atoms with E-state index in [-0.39, 0.29) is 11.4 Å². The normalized spacial score (nSPS) is 11.2. The van der Waals surface area contributed by atoms with Crippen molar-refractivity contribution in [3.8, 4) is 11.4 Å². The van der Waals surface area contributed by atoms with Gasteiger partial charge in [-0.1, -0.05) is 0 Å². The van der Waals surface area contributed by atoms with Crippen LogP contribution >= 0.6 is 11.5 Å². The fourth-order valence-electron chi connectivity index (χ4n) is 1.23. The highest BCUT2D eigenvalue weighted by Crippen LogP contribution is 2.25. The minimum Gasteiger partial charge on any atom is -0.369 e. The summed E-state index contributed by atoms with van der Waals surface area (Å²) in [5.74, 6) is -3.95. The predicted molar refractivity (Wildman–Crippen MR) is 67.1 cm³/mol. The number of nitrogens with zero attached hydrogens (tertiary/aromatic N) is 4. The molecule has 0 amide bonds. The summed E-state index contributed by atoms with van der Waals surface area (Å²) in [5, 5.41) is 0.342. The van der Waals surface area contributed by atoms with Gasteiger partial charge in [0.25, 0.3) is 0 Å². The van der Waals surface area contributed by atoms with Crippen LogP contribution in [0, 0.1) is 17.5 Å². The average Bonchev–Trinajstić information content (AvgIpc) is 2.81. The number of halogens is 3. The highest BCUT2D eigenvalue weighted by Gasteiger charge is 2.14. The summed E-state index contributed by atoms with van der Waals surface area (Å²) in [7, 11) is 3.58. The first-order valence-electron chi connectivity index (χ1n) is 5.16. The Morgan fingerprint density at radius 1 is 1.21 bits per heavy atom. The Morgan fingerprint density at radius 2 is 1.84 bits per heavy atom. The number of hydrogen-bond acceptors (Lipinski definition) is 4. The molecule has 0 N–H and O–H groups in total. The molecule has 0 saturated heterocycles. The molecule has 0 aliphatic heterocycles. The summed E-state index contributed by atoms with van der Waals surface area (Å²) >= 11 is 0.978. The summed E-state index contributed by atoms with van der Waals surface area (Å²) in [6, 6.07) is 1.69. The van der Waals surface area contributed by atoms with Crippen LogP contribution in [0.15, 0.2) is 17.1 Å². The molecule has 1 aromatic carbocycles. The fraction of sp³-hybridized carbons (Fsp3) is 0.182. The molecule has 2 rings (SSSR count). The summed E-state index contributed by atoms with van der Waals surface area (Å²) in [6.45, 7) is 0. The standard InChI is InChI=1S/C11H9F3N4S/c1-18(2)5-15-11-16-10(17-19-11)6-3-7(12)9(14)8(13)4-6/h3-5H,1-2H3. The molecular formula is C11H9F3N4S. The van der Waals surface area contributed by atoms with E-state index < -0.39 is 17.5 Å². The molecule has 0 unspecified atom stereocenters. The summed E-state index contributed by atoms with van der Waals surface area (Å²) in [6.07, 6.45) is 1.52. The number of aromatic nitrogens is 2. The quantitative estimate of drug-likeness (QED) is 0.495. The highest BCUT2D eigenvalue weighted by molar-refractivity contribution is 7.09. The first-order valence-corrected chi connectivity index (χ1v) is 5.94. The molecule has 0 saturated carbocycles. The van der Waals surface area contributed by atoms with Gasteiger partial charge in [-0.15, -0.1) is 0 Å². The zero-order chi connectivity index (χ0) is 14.0. The molecule has 0 bridgehead atoms. The zero-order valence-electron chi connectivity index (χ0n) is 10.1. The van der Waals surface area contributed by atoms with Gasteiger partial charge in [0.2, 0.25) is 5.13 Å². The maximum Gasteiger partial charge on any atom is 0.230 e. The van der Waals surface area contributed by atoms with Gasteiger partial charge in [-0.2, -0.15) is 9.36 Å². The smallest absolute Gasteiger partial charge is 0.230 e. The van der Waals surface area contributed by atoms with Crippen molar-refractivity contribution in [3.63, 3.8) is 0 Å². The lowest BCUT2D eigenvalue weighted by atomic mass is 10.2. The maximum absolute atomic E-state index is 13.1. The summed E-state index contributed by atoms with van der Waals surface area (Å²) in [5.41, 5.74) is 0.0685. The van der Waals surface area contributed by atoms with E-state index in [1.165, 1.54) is 6.34 Å². The second-order valence-corrected chi connectivity index (χ2v) is 4.59. The van der Waals surface area contributed by atoms with E-state index in [4.69, 9.17) is 0 Å². The fourth-order valence-corrected chi connectivity index (χ4v) is 1.77. The molecule has 0 fully saturated rings. The highest BCUT2D eigenvalue weighted by atomic mass is 32.1. The predicted octanol–water partition coefficient (Wildman–Crippen LogP) is 2.84. The van der Waals surface area contributed by atoms with E-state index in [1.54, 1.807) is 19.0 Å². The molecule has 100 valence electrons. The van der Waals surface area contributed by atoms with Crippen LogP contribution in [0.3, 0.4) is 0 Å². The molecule has 0 aliphatic rings. The number of hydrogen-bond donors (Lipinski definition) is 0. The van der Waals surface area contributed by atoms with Crippen molar-refractivity contribution in [3.05, 3.63) is 29.6 Å². The Hall–Kier alpha value is -1.96. The second kappa shape index (κ2) is 5.35. The van der Waals surface area contributed by atoms with Gasteiger partial charge in [-0.3, -0.25) is 0 Å². The van der Waals surface area contributed by atoms with Crippen molar-refractivity contribution in [2.75, 3.05) is 14.1 Å². The molecule has 0 spiro atoms. The Bertz CT molecular complexity index is 601. The number of benzene rings is 1. The maximum atomic E-state index is 13.1. The molecule has 0 aliphatic carbocycles. The molecular weight excluding hydrogens is 277 g/mol. The third-order valence-electron chi connectivity index (χ3n) is 2.06. The van der Waals surface area contributed by atoms with Gasteiger partial charge < -0.3 is 4.90 Å². The van der Waals surface area contributed by atoms with Crippen LogP contribution in [0.2, 0.25) is 0 Å². The number of aliphatic imine (C=N–C) groups is 1. The van der Waals surface area contributed by atoms with Crippen molar-refractivity contribution >= 4 is 23.0 Å². The van der Waals surface area contributed by atoms with E-state index in [0.29, 0.717) is 5.13 Å². The Morgan fingerprint density at radius 3 is 2.42 bits per heavy atom. The van der Waals surface area contributed by atoms with Crippen LogP contribution in [0.1, 0.15) is 0 Å². The molecule has 1 aromatic heterocycles. The SMILES string of the molecule is CN(C)C=Nc1nc(-c2cc(F)c(F)c(F)c2)ns1. The zero-order valence-corrected chi connectivity index (χ0v) is 10.9. The van der Waals surface area contributed by atoms with Gasteiger partial charge >= 0.3 is 0 Å². The van der Waals surface area contributed by atoms with E-state index in [0.717, 1.165) is 23.7 Å². The van der Waals surface area contributed by atoms with Crippen LogP contribution in [-0.2, 0) is 0 Å². The van der Waals surface area contributed by atoms with Crippen molar-refractivity contribution < 1.29 is 13.2 Å². The van der Waals surface area contributed by atoms with Crippen LogP contribution in [0.5, 0.6) is 0 Å². The van der Waals surface area contributed by atoms with Gasteiger partial charge in [0, 0.05) is 31.2 Å². The lowest BCUT2D eigenvalue weighted by molar-refractivity contribution is 0.447. The van der Waals surface area contributed by atoms with E-state index in [2.05, 4.69) is 14.3 Å². The Kier molecular flexibility index (Phi) is 3.79. The Balaban J connectivity index is 2.33. The minimum atomic E-state index is -1.51. The van der Waals surface area contributed by atoms with Crippen molar-refractivity contribution in [1.82, 2.24) is 14.3 Å². The molecule has 4 nitrogen and oxygen atoms in total. The first-order chi connectivity index (χ1) is 8.97. The Labute approximate surface area is 111 Å². The number of rotatable bonds is 3. The largest absolute Gasteiger partial charge is 0.369 e. The van der Waals surface area contributed by atoms with E-state index >= 15 is 0 Å². The topological polar surface area (TPSA) is 41.4 Å². The average molecular weight is 286 g/mol. The monoisotopic (exact) mass is 286 g/mol. The van der Waals surface area contributed by atoms with Crippen molar-refractivity contribution in [2.24, 2.45) is 4.99 Å². The van der Waals surface area contributed by atoms with Crippen LogP contribution in [0.4, 0.5) is 18.3 Å². The van der Waals surface area contributed by atoms with Gasteiger partial charge in [0.05, 0.1) is 6.34 Å². The second-order valence-electron chi connectivity index (χ2n) is 3.86. The summed E-state index contributed by atoms with van der Waals surface area (Å²) < 4.78 is 42.9. The molecule has 0 atom stereocenters. The molecule has 1 heterocycles. The van der Waals surface area contributed by atoms with Gasteiger partial charge in [-0.05, 0) is 12.1 Å². The molecule has 0 radical (unpaired) electrons. The van der Waals surface area contributed by atoms with Crippen LogP contribution in [-0.4, -0.2) is 34.7 Å². The van der Waals surface area contributed by atoms with Crippen molar-refractivity contribution in [2.45, 2.75) is 0 Å².